The van der Waals surface area contributed by atoms with E-state index in [1.807, 2.05) is 51.9 Å². The van der Waals surface area contributed by atoms with Crippen LogP contribution in [0.25, 0.3) is 11.3 Å². The van der Waals surface area contributed by atoms with Crippen LogP contribution in [-0.4, -0.2) is 26.8 Å². The van der Waals surface area contributed by atoms with Crippen molar-refractivity contribution in [2.75, 3.05) is 0 Å². The first-order valence-electron chi connectivity index (χ1n) is 11.1. The van der Waals surface area contributed by atoms with Gasteiger partial charge in [-0.15, -0.1) is 12.0 Å². The van der Waals surface area contributed by atoms with Gasteiger partial charge in [-0.3, -0.25) is 0 Å². The minimum Gasteiger partial charge on any atom is -0.307 e. The number of pyridine rings is 2. The maximum atomic E-state index is 5.22. The van der Waals surface area contributed by atoms with Gasteiger partial charge in [-0.2, -0.15) is 0 Å². The van der Waals surface area contributed by atoms with Crippen LogP contribution in [0, 0.1) is 23.8 Å². The zero-order valence-electron chi connectivity index (χ0n) is 19.9. The Morgan fingerprint density at radius 3 is 1.69 bits per heavy atom. The number of rotatable bonds is 3. The highest BCUT2D eigenvalue weighted by molar-refractivity contribution is 6.90. The number of fused-ring (bicyclic) bond motifs is 2. The summed E-state index contributed by atoms with van der Waals surface area (Å²) in [5.74, 6) is 6.03. The summed E-state index contributed by atoms with van der Waals surface area (Å²) in [6.45, 7) is 14.1. The molecule has 0 bridgehead atoms. The summed E-state index contributed by atoms with van der Waals surface area (Å²) < 4.78 is 3.93. The van der Waals surface area contributed by atoms with Gasteiger partial charge < -0.3 is 8.80 Å². The predicted octanol–water partition coefficient (Wildman–Crippen LogP) is 6.22. The molecule has 0 unspecified atom stereocenters. The summed E-state index contributed by atoms with van der Waals surface area (Å²) in [5, 5.41) is 0. The Labute approximate surface area is 192 Å². The number of terminal acetylenes is 1. The minimum atomic E-state index is -1.65. The van der Waals surface area contributed by atoms with E-state index >= 15 is 0 Å². The molecule has 0 spiro atoms. The van der Waals surface area contributed by atoms with Crippen molar-refractivity contribution in [2.45, 2.75) is 58.2 Å². The molecule has 0 saturated heterocycles. The number of hydrogen-bond acceptors (Lipinski definition) is 2. The lowest BCUT2D eigenvalue weighted by molar-refractivity contribution is 0.838. The molecule has 0 radical (unpaired) electrons. The molecule has 0 N–H and O–H groups in total. The van der Waals surface area contributed by atoms with Crippen molar-refractivity contribution in [3.8, 4) is 23.8 Å². The molecule has 0 fully saturated rings. The monoisotopic (exact) mass is 440 g/mol. The van der Waals surface area contributed by atoms with Gasteiger partial charge in [-0.05, 0) is 40.9 Å². The Bertz CT molecular complexity index is 1270. The average Bonchev–Trinajstić information content (AvgIpc) is 3.42. The number of aromatic nitrogens is 4. The molecule has 32 heavy (non-hydrogen) atoms. The molecule has 0 aliphatic rings. The Hall–Kier alpha value is -3.28. The van der Waals surface area contributed by atoms with Gasteiger partial charge in [0.05, 0.1) is 0 Å². The first kappa shape index (κ1) is 23.4. The molecule has 0 saturated carbocycles. The highest BCUT2D eigenvalue weighted by atomic mass is 28.3. The Morgan fingerprint density at radius 1 is 0.750 bits per heavy atom. The molecular weight excluding hydrogens is 408 g/mol. The molecule has 4 aromatic rings. The van der Waals surface area contributed by atoms with E-state index in [1.165, 1.54) is 0 Å². The third kappa shape index (κ3) is 4.79. The van der Waals surface area contributed by atoms with Crippen molar-refractivity contribution in [3.05, 3.63) is 72.6 Å². The maximum absolute atomic E-state index is 5.22. The highest BCUT2D eigenvalue weighted by Gasteiger charge is 2.41. The van der Waals surface area contributed by atoms with Gasteiger partial charge in [0.15, 0.2) is 0 Å². The molecule has 0 aliphatic carbocycles. The third-order valence-corrected chi connectivity index (χ3v) is 12.5. The van der Waals surface area contributed by atoms with E-state index in [4.69, 9.17) is 6.42 Å². The van der Waals surface area contributed by atoms with Gasteiger partial charge in [-0.1, -0.05) is 53.4 Å². The number of nitrogens with zero attached hydrogens (tertiary/aromatic N) is 4. The van der Waals surface area contributed by atoms with Gasteiger partial charge in [0.25, 0.3) is 0 Å². The second-order valence-corrected chi connectivity index (χ2v) is 14.6. The molecule has 0 aliphatic heterocycles. The van der Waals surface area contributed by atoms with Crippen molar-refractivity contribution in [3.63, 3.8) is 0 Å². The van der Waals surface area contributed by atoms with E-state index in [0.717, 1.165) is 22.4 Å². The van der Waals surface area contributed by atoms with E-state index in [-0.39, 0.29) is 0 Å². The molecule has 0 atom stereocenters. The largest absolute Gasteiger partial charge is 0.307 e. The van der Waals surface area contributed by atoms with Gasteiger partial charge in [0, 0.05) is 48.3 Å². The summed E-state index contributed by atoms with van der Waals surface area (Å²) in [5.41, 5.74) is 9.55. The smallest absolute Gasteiger partial charge is 0.146 e. The van der Waals surface area contributed by atoms with Crippen LogP contribution in [0.3, 0.4) is 0 Å². The number of imidazole rings is 2. The van der Waals surface area contributed by atoms with Crippen LogP contribution in [-0.2, 0) is 0 Å². The lowest BCUT2D eigenvalue weighted by atomic mass is 10.3. The van der Waals surface area contributed by atoms with E-state index in [1.54, 1.807) is 6.20 Å². The van der Waals surface area contributed by atoms with Crippen molar-refractivity contribution in [1.82, 2.24) is 18.8 Å². The van der Waals surface area contributed by atoms with Crippen LogP contribution in [0.15, 0.2) is 61.4 Å². The quantitative estimate of drug-likeness (QED) is 0.280. The maximum Gasteiger partial charge on any atom is 0.146 e. The lowest BCUT2D eigenvalue weighted by Crippen LogP contribution is -2.43. The van der Waals surface area contributed by atoms with Crippen LogP contribution in [0.5, 0.6) is 0 Å². The van der Waals surface area contributed by atoms with Crippen LogP contribution >= 0.6 is 0 Å². The zero-order chi connectivity index (χ0) is 23.3. The molecule has 0 aromatic carbocycles. The fourth-order valence-corrected chi connectivity index (χ4v) is 9.83. The summed E-state index contributed by atoms with van der Waals surface area (Å²) in [4.78, 5) is 8.43. The molecule has 0 amide bonds. The van der Waals surface area contributed by atoms with Gasteiger partial charge in [0.1, 0.15) is 19.4 Å². The van der Waals surface area contributed by atoms with E-state index in [0.29, 0.717) is 16.6 Å². The van der Waals surface area contributed by atoms with Crippen LogP contribution in [0.1, 0.15) is 52.7 Å². The van der Waals surface area contributed by atoms with Crippen LogP contribution in [0.2, 0.25) is 16.6 Å². The van der Waals surface area contributed by atoms with Crippen molar-refractivity contribution in [2.24, 2.45) is 0 Å². The van der Waals surface area contributed by atoms with Crippen LogP contribution < -0.4 is 0 Å². The van der Waals surface area contributed by atoms with Crippen LogP contribution in [0.4, 0.5) is 0 Å². The Morgan fingerprint density at radius 2 is 1.22 bits per heavy atom. The standard InChI is InChI=1S/C18H26N2Si.C9H6N2/c1-14(2)21(15(3)4,16(5)6)12-8-17-7-10-20-11-9-19-18(20)13-17;1-2-8-3-5-11-6-4-10-9(11)7-8/h7,9-11,13-16H,1-6H3;1,3-7H. The zero-order valence-corrected chi connectivity index (χ0v) is 20.9. The van der Waals surface area contributed by atoms with Gasteiger partial charge >= 0.3 is 0 Å². The minimum absolute atomic E-state index is 0.667. The molecule has 5 heteroatoms. The second kappa shape index (κ2) is 9.89. The SMILES string of the molecule is C#Cc1ccn2ccnc2c1.CC(C)[Si](C#Cc1ccn2ccnc2c1)(C(C)C)C(C)C. The van der Waals surface area contributed by atoms with Crippen molar-refractivity contribution in [1.29, 1.82) is 0 Å². The van der Waals surface area contributed by atoms with Crippen molar-refractivity contribution >= 4 is 19.4 Å². The second-order valence-electron chi connectivity index (χ2n) is 9.01. The van der Waals surface area contributed by atoms with E-state index in [9.17, 15) is 0 Å². The normalized spacial score (nSPS) is 11.4. The van der Waals surface area contributed by atoms with Gasteiger partial charge in [0.2, 0.25) is 0 Å². The summed E-state index contributed by atoms with van der Waals surface area (Å²) in [6, 6.07) is 7.92. The summed E-state index contributed by atoms with van der Waals surface area (Å²) >= 11 is 0. The van der Waals surface area contributed by atoms with E-state index in [2.05, 4.69) is 81.0 Å². The Balaban J connectivity index is 0.000000219. The molecule has 4 heterocycles. The first-order chi connectivity index (χ1) is 15.3. The molecule has 4 aromatic heterocycles. The molecule has 164 valence electrons. The molecule has 4 rings (SSSR count). The molecular formula is C27H32N4Si. The summed E-state index contributed by atoms with van der Waals surface area (Å²) in [6.07, 6.45) is 16.6. The fraction of sp³-hybridized carbons (Fsp3) is 0.333. The highest BCUT2D eigenvalue weighted by Crippen LogP contribution is 2.40. The van der Waals surface area contributed by atoms with Gasteiger partial charge in [-0.25, -0.2) is 9.97 Å². The number of hydrogen-bond donors (Lipinski definition) is 0. The topological polar surface area (TPSA) is 34.6 Å². The van der Waals surface area contributed by atoms with Crippen molar-refractivity contribution < 1.29 is 0 Å². The molecule has 4 nitrogen and oxygen atoms in total. The fourth-order valence-electron chi connectivity index (χ4n) is 4.60. The van der Waals surface area contributed by atoms with E-state index < -0.39 is 8.07 Å². The summed E-state index contributed by atoms with van der Waals surface area (Å²) in [7, 11) is -1.65. The first-order valence-corrected chi connectivity index (χ1v) is 13.4. The Kier molecular flexibility index (Phi) is 7.23. The third-order valence-electron chi connectivity index (χ3n) is 6.25. The average molecular weight is 441 g/mol. The lowest BCUT2D eigenvalue weighted by Gasteiger charge is -2.38. The predicted molar refractivity (Wildman–Crippen MR) is 136 cm³/mol.